The Morgan fingerprint density at radius 3 is 3.05 bits per heavy atom. The van der Waals surface area contributed by atoms with E-state index in [0.717, 1.165) is 37.9 Å². The number of aromatic nitrogens is 2. The van der Waals surface area contributed by atoms with E-state index in [2.05, 4.69) is 14.9 Å². The molecule has 1 aromatic rings. The van der Waals surface area contributed by atoms with Crippen LogP contribution < -0.4 is 5.56 Å². The molecule has 5 heteroatoms. The third-order valence-corrected chi connectivity index (χ3v) is 4.08. The monoisotopic (exact) mass is 263 g/mol. The summed E-state index contributed by atoms with van der Waals surface area (Å²) in [6, 6.07) is 1.51. The molecule has 1 saturated carbocycles. The summed E-state index contributed by atoms with van der Waals surface area (Å²) in [5.74, 6) is 1.53. The molecule has 1 aliphatic carbocycles. The van der Waals surface area contributed by atoms with Gasteiger partial charge in [-0.05, 0) is 25.7 Å². The van der Waals surface area contributed by atoms with Gasteiger partial charge in [-0.3, -0.25) is 9.69 Å². The van der Waals surface area contributed by atoms with Crippen molar-refractivity contribution in [1.82, 2.24) is 14.9 Å². The summed E-state index contributed by atoms with van der Waals surface area (Å²) < 4.78 is 5.76. The first kappa shape index (κ1) is 12.8. The highest BCUT2D eigenvalue weighted by Gasteiger charge is 2.27. The van der Waals surface area contributed by atoms with E-state index in [1.807, 2.05) is 6.92 Å². The van der Waals surface area contributed by atoms with Crippen LogP contribution in [0.4, 0.5) is 0 Å². The highest BCUT2D eigenvalue weighted by Crippen LogP contribution is 2.28. The Morgan fingerprint density at radius 1 is 1.53 bits per heavy atom. The minimum Gasteiger partial charge on any atom is -0.368 e. The fourth-order valence-electron chi connectivity index (χ4n) is 2.83. The number of hydrogen-bond donors (Lipinski definition) is 1. The lowest BCUT2D eigenvalue weighted by molar-refractivity contribution is -0.0422. The first-order chi connectivity index (χ1) is 9.20. The highest BCUT2D eigenvalue weighted by molar-refractivity contribution is 5.03. The second-order valence-corrected chi connectivity index (χ2v) is 5.69. The minimum absolute atomic E-state index is 0.0952. The number of H-pyrrole nitrogens is 1. The van der Waals surface area contributed by atoms with E-state index < -0.39 is 0 Å². The summed E-state index contributed by atoms with van der Waals surface area (Å²) in [5, 5.41) is 0. The predicted octanol–water partition coefficient (Wildman–Crippen LogP) is 1.25. The number of morpholine rings is 1. The van der Waals surface area contributed by atoms with E-state index in [9.17, 15) is 4.79 Å². The molecule has 2 aliphatic rings. The molecule has 0 aromatic carbocycles. The Balaban J connectivity index is 1.68. The molecule has 2 fully saturated rings. The zero-order chi connectivity index (χ0) is 13.2. The zero-order valence-corrected chi connectivity index (χ0v) is 11.4. The van der Waals surface area contributed by atoms with Gasteiger partial charge in [0.25, 0.3) is 5.56 Å². The van der Waals surface area contributed by atoms with E-state index in [4.69, 9.17) is 4.74 Å². The van der Waals surface area contributed by atoms with Gasteiger partial charge in [-0.2, -0.15) is 0 Å². The molecule has 1 aromatic heterocycles. The first-order valence-electron chi connectivity index (χ1n) is 7.12. The maximum Gasteiger partial charge on any atom is 0.251 e. The van der Waals surface area contributed by atoms with E-state index >= 15 is 0 Å². The molecule has 19 heavy (non-hydrogen) atoms. The fraction of sp³-hybridized carbons (Fsp3) is 0.714. The number of rotatable bonds is 3. The summed E-state index contributed by atoms with van der Waals surface area (Å²) in [4.78, 5) is 21.1. The molecule has 1 N–H and O–H groups in total. The van der Waals surface area contributed by atoms with Crippen LogP contribution in [0, 0.1) is 12.8 Å². The Bertz CT molecular complexity index is 496. The van der Waals surface area contributed by atoms with Gasteiger partial charge in [-0.25, -0.2) is 4.98 Å². The summed E-state index contributed by atoms with van der Waals surface area (Å²) in [6.45, 7) is 5.55. The Kier molecular flexibility index (Phi) is 3.66. The lowest BCUT2D eigenvalue weighted by atomic mass is 9.85. The smallest absolute Gasteiger partial charge is 0.251 e. The third kappa shape index (κ3) is 3.04. The third-order valence-electron chi connectivity index (χ3n) is 4.08. The van der Waals surface area contributed by atoms with Gasteiger partial charge in [-0.15, -0.1) is 0 Å². The molecule has 0 unspecified atom stereocenters. The van der Waals surface area contributed by atoms with Gasteiger partial charge in [0, 0.05) is 31.4 Å². The highest BCUT2D eigenvalue weighted by atomic mass is 16.5. The number of aromatic amines is 1. The van der Waals surface area contributed by atoms with Crippen LogP contribution in [-0.2, 0) is 4.74 Å². The molecule has 1 atom stereocenters. The molecular formula is C14H21N3O2. The zero-order valence-electron chi connectivity index (χ0n) is 11.4. The fourth-order valence-corrected chi connectivity index (χ4v) is 2.83. The normalized spacial score (nSPS) is 25.2. The Morgan fingerprint density at radius 2 is 2.37 bits per heavy atom. The Hall–Kier alpha value is -1.20. The standard InChI is InChI=1S/C14H21N3O2/c1-10-7-13(18)16-14(15-10)12-9-17(5-6-19-12)8-11-3-2-4-11/h7,11-12H,2-6,8-9H2,1H3,(H,15,16,18)/t12-/m0/s1. The van der Waals surface area contributed by atoms with Gasteiger partial charge in [0.1, 0.15) is 11.9 Å². The average Bonchev–Trinajstić information content (AvgIpc) is 2.33. The van der Waals surface area contributed by atoms with Crippen LogP contribution in [-0.4, -0.2) is 41.1 Å². The quantitative estimate of drug-likeness (QED) is 0.891. The topological polar surface area (TPSA) is 58.2 Å². The number of nitrogens with zero attached hydrogens (tertiary/aromatic N) is 2. The van der Waals surface area contributed by atoms with Gasteiger partial charge in [-0.1, -0.05) is 6.42 Å². The van der Waals surface area contributed by atoms with Crippen LogP contribution in [0.3, 0.4) is 0 Å². The first-order valence-corrected chi connectivity index (χ1v) is 7.12. The van der Waals surface area contributed by atoms with Crippen molar-refractivity contribution in [3.8, 4) is 0 Å². The largest absolute Gasteiger partial charge is 0.368 e. The van der Waals surface area contributed by atoms with Crippen LogP contribution in [0.25, 0.3) is 0 Å². The van der Waals surface area contributed by atoms with Crippen molar-refractivity contribution >= 4 is 0 Å². The second kappa shape index (κ2) is 5.43. The van der Waals surface area contributed by atoms with Gasteiger partial charge >= 0.3 is 0 Å². The molecule has 5 nitrogen and oxygen atoms in total. The van der Waals surface area contributed by atoms with Crippen molar-refractivity contribution in [3.05, 3.63) is 27.9 Å². The van der Waals surface area contributed by atoms with Gasteiger partial charge < -0.3 is 9.72 Å². The lowest BCUT2D eigenvalue weighted by Crippen LogP contribution is -2.42. The van der Waals surface area contributed by atoms with Gasteiger partial charge in [0.05, 0.1) is 6.61 Å². The molecule has 0 bridgehead atoms. The summed E-state index contributed by atoms with van der Waals surface area (Å²) >= 11 is 0. The SMILES string of the molecule is Cc1cc(=O)[nH]c([C@@H]2CN(CC3CCC3)CCO2)n1. The molecular weight excluding hydrogens is 242 g/mol. The molecule has 0 amide bonds. The maximum absolute atomic E-state index is 11.5. The van der Waals surface area contributed by atoms with Gasteiger partial charge in [0.15, 0.2) is 0 Å². The van der Waals surface area contributed by atoms with Crippen LogP contribution >= 0.6 is 0 Å². The predicted molar refractivity (Wildman–Crippen MR) is 72.1 cm³/mol. The number of hydrogen-bond acceptors (Lipinski definition) is 4. The molecule has 2 heterocycles. The minimum atomic E-state index is -0.0959. The number of ether oxygens (including phenoxy) is 1. The van der Waals surface area contributed by atoms with E-state index in [1.165, 1.54) is 25.3 Å². The van der Waals surface area contributed by atoms with Crippen LogP contribution in [0.2, 0.25) is 0 Å². The van der Waals surface area contributed by atoms with Gasteiger partial charge in [0.2, 0.25) is 0 Å². The van der Waals surface area contributed by atoms with Crippen LogP contribution in [0.15, 0.2) is 10.9 Å². The number of aryl methyl sites for hydroxylation is 1. The molecule has 0 spiro atoms. The molecule has 104 valence electrons. The van der Waals surface area contributed by atoms with Crippen LogP contribution in [0.1, 0.15) is 36.9 Å². The van der Waals surface area contributed by atoms with E-state index in [1.54, 1.807) is 0 Å². The summed E-state index contributed by atoms with van der Waals surface area (Å²) in [5.41, 5.74) is 0.653. The van der Waals surface area contributed by atoms with Crippen molar-refractivity contribution in [1.29, 1.82) is 0 Å². The lowest BCUT2D eigenvalue weighted by Gasteiger charge is -2.37. The molecule has 1 saturated heterocycles. The molecule has 1 aliphatic heterocycles. The van der Waals surface area contributed by atoms with Crippen molar-refractivity contribution in [2.24, 2.45) is 5.92 Å². The summed E-state index contributed by atoms with van der Waals surface area (Å²) in [7, 11) is 0. The van der Waals surface area contributed by atoms with Crippen molar-refractivity contribution < 1.29 is 4.74 Å². The van der Waals surface area contributed by atoms with E-state index in [0.29, 0.717) is 5.82 Å². The number of nitrogens with one attached hydrogen (secondary N) is 1. The molecule has 3 rings (SSSR count). The van der Waals surface area contributed by atoms with E-state index in [-0.39, 0.29) is 11.7 Å². The Labute approximate surface area is 113 Å². The van der Waals surface area contributed by atoms with Crippen molar-refractivity contribution in [2.45, 2.75) is 32.3 Å². The molecule has 0 radical (unpaired) electrons. The van der Waals surface area contributed by atoms with Crippen LogP contribution in [0.5, 0.6) is 0 Å². The summed E-state index contributed by atoms with van der Waals surface area (Å²) in [6.07, 6.45) is 4.01. The maximum atomic E-state index is 11.5. The average molecular weight is 263 g/mol. The second-order valence-electron chi connectivity index (χ2n) is 5.69. The van der Waals surface area contributed by atoms with Crippen molar-refractivity contribution in [2.75, 3.05) is 26.2 Å². The van der Waals surface area contributed by atoms with Crippen molar-refractivity contribution in [3.63, 3.8) is 0 Å².